The standard InChI is InChI=1S/C17H20N2O3/c1-3-9-19-17(22)14(11-16(20)21)10-15(18-19)13-7-5-12(4-2)6-8-13/h5-8,10H,3-4,9,11H2,1-2H3,(H,20,21). The predicted octanol–water partition coefficient (Wildman–Crippen LogP) is 2.51. The third-order valence-electron chi connectivity index (χ3n) is 3.48. The van der Waals surface area contributed by atoms with Crippen molar-refractivity contribution in [2.24, 2.45) is 0 Å². The topological polar surface area (TPSA) is 72.2 Å². The Hall–Kier alpha value is -2.43. The number of benzene rings is 1. The van der Waals surface area contributed by atoms with Crippen molar-refractivity contribution >= 4 is 5.97 Å². The van der Waals surface area contributed by atoms with Gasteiger partial charge in [-0.05, 0) is 24.5 Å². The van der Waals surface area contributed by atoms with Gasteiger partial charge in [0.1, 0.15) is 0 Å². The summed E-state index contributed by atoms with van der Waals surface area (Å²) < 4.78 is 1.36. The van der Waals surface area contributed by atoms with Crippen LogP contribution in [0.4, 0.5) is 0 Å². The van der Waals surface area contributed by atoms with Crippen LogP contribution in [-0.4, -0.2) is 20.9 Å². The molecule has 116 valence electrons. The first kappa shape index (κ1) is 15.9. The van der Waals surface area contributed by atoms with Gasteiger partial charge in [0.15, 0.2) is 0 Å². The minimum absolute atomic E-state index is 0.269. The lowest BCUT2D eigenvalue weighted by molar-refractivity contribution is -0.136. The van der Waals surface area contributed by atoms with Crippen molar-refractivity contribution in [3.8, 4) is 11.3 Å². The predicted molar refractivity (Wildman–Crippen MR) is 84.9 cm³/mol. The number of aryl methyl sites for hydroxylation is 2. The molecule has 0 aliphatic rings. The molecular weight excluding hydrogens is 280 g/mol. The van der Waals surface area contributed by atoms with Gasteiger partial charge in [0.2, 0.25) is 0 Å². The summed E-state index contributed by atoms with van der Waals surface area (Å²) in [5.74, 6) is -1.02. The monoisotopic (exact) mass is 300 g/mol. The van der Waals surface area contributed by atoms with Gasteiger partial charge in [0, 0.05) is 17.7 Å². The second-order valence-corrected chi connectivity index (χ2v) is 5.20. The maximum Gasteiger partial charge on any atom is 0.308 e. The molecule has 0 spiro atoms. The maximum atomic E-state index is 12.2. The number of hydrogen-bond donors (Lipinski definition) is 1. The lowest BCUT2D eigenvalue weighted by atomic mass is 10.1. The summed E-state index contributed by atoms with van der Waals surface area (Å²) in [5.41, 5.74) is 2.68. The Bertz CT molecular complexity index is 718. The quantitative estimate of drug-likeness (QED) is 0.889. The zero-order valence-electron chi connectivity index (χ0n) is 12.9. The molecule has 22 heavy (non-hydrogen) atoms. The van der Waals surface area contributed by atoms with Crippen molar-refractivity contribution < 1.29 is 9.90 Å². The summed E-state index contributed by atoms with van der Waals surface area (Å²) in [6, 6.07) is 9.52. The average molecular weight is 300 g/mol. The van der Waals surface area contributed by atoms with Crippen LogP contribution in [0.1, 0.15) is 31.4 Å². The Balaban J connectivity index is 2.51. The van der Waals surface area contributed by atoms with Gasteiger partial charge < -0.3 is 5.11 Å². The Kier molecular flexibility index (Phi) is 5.09. The number of nitrogens with zero attached hydrogens (tertiary/aromatic N) is 2. The third-order valence-corrected chi connectivity index (χ3v) is 3.48. The molecule has 0 aliphatic carbocycles. The zero-order valence-corrected chi connectivity index (χ0v) is 12.9. The number of rotatable bonds is 6. The molecule has 0 fully saturated rings. The molecule has 0 aliphatic heterocycles. The van der Waals surface area contributed by atoms with Gasteiger partial charge in [-0.3, -0.25) is 9.59 Å². The van der Waals surface area contributed by atoms with E-state index in [0.717, 1.165) is 18.4 Å². The fourth-order valence-corrected chi connectivity index (χ4v) is 2.30. The second kappa shape index (κ2) is 7.02. The molecule has 2 rings (SSSR count). The lowest BCUT2D eigenvalue weighted by Crippen LogP contribution is -2.28. The SMILES string of the molecule is CCCn1nc(-c2ccc(CC)cc2)cc(CC(=O)O)c1=O. The van der Waals surface area contributed by atoms with Gasteiger partial charge in [-0.15, -0.1) is 0 Å². The number of carbonyl (C=O) groups is 1. The molecule has 0 bridgehead atoms. The normalized spacial score (nSPS) is 10.6. The van der Waals surface area contributed by atoms with E-state index in [2.05, 4.69) is 12.0 Å². The molecule has 0 atom stereocenters. The van der Waals surface area contributed by atoms with E-state index in [1.807, 2.05) is 31.2 Å². The molecular formula is C17H20N2O3. The van der Waals surface area contributed by atoms with E-state index >= 15 is 0 Å². The van der Waals surface area contributed by atoms with Crippen LogP contribution in [0.2, 0.25) is 0 Å². The van der Waals surface area contributed by atoms with Crippen molar-refractivity contribution in [1.82, 2.24) is 9.78 Å². The molecule has 1 N–H and O–H groups in total. The minimum Gasteiger partial charge on any atom is -0.481 e. The van der Waals surface area contributed by atoms with Crippen LogP contribution in [0.25, 0.3) is 11.3 Å². The Morgan fingerprint density at radius 3 is 2.45 bits per heavy atom. The Morgan fingerprint density at radius 2 is 1.91 bits per heavy atom. The van der Waals surface area contributed by atoms with Gasteiger partial charge in [-0.25, -0.2) is 4.68 Å². The minimum atomic E-state index is -1.02. The van der Waals surface area contributed by atoms with Crippen LogP contribution in [0.5, 0.6) is 0 Å². The summed E-state index contributed by atoms with van der Waals surface area (Å²) in [6.07, 6.45) is 1.43. The molecule has 0 radical (unpaired) electrons. The third kappa shape index (κ3) is 3.61. The zero-order chi connectivity index (χ0) is 16.1. The number of aromatic nitrogens is 2. The van der Waals surface area contributed by atoms with Crippen LogP contribution in [-0.2, 0) is 24.2 Å². The van der Waals surface area contributed by atoms with E-state index in [4.69, 9.17) is 5.11 Å². The van der Waals surface area contributed by atoms with Crippen molar-refractivity contribution in [2.75, 3.05) is 0 Å². The summed E-state index contributed by atoms with van der Waals surface area (Å²) in [7, 11) is 0. The van der Waals surface area contributed by atoms with Crippen molar-refractivity contribution in [3.63, 3.8) is 0 Å². The molecule has 1 heterocycles. The summed E-state index contributed by atoms with van der Waals surface area (Å²) in [4.78, 5) is 23.2. The van der Waals surface area contributed by atoms with Crippen LogP contribution in [0.3, 0.4) is 0 Å². The molecule has 5 heteroatoms. The lowest BCUT2D eigenvalue weighted by Gasteiger charge is -2.09. The molecule has 0 saturated heterocycles. The number of carboxylic acid groups (broad SMARTS) is 1. The van der Waals surface area contributed by atoms with Gasteiger partial charge >= 0.3 is 5.97 Å². The molecule has 0 saturated carbocycles. The number of hydrogen-bond acceptors (Lipinski definition) is 3. The number of carboxylic acids is 1. The van der Waals surface area contributed by atoms with Gasteiger partial charge in [-0.2, -0.15) is 5.10 Å². The highest BCUT2D eigenvalue weighted by Gasteiger charge is 2.12. The largest absolute Gasteiger partial charge is 0.481 e. The van der Waals surface area contributed by atoms with E-state index in [0.29, 0.717) is 12.2 Å². The van der Waals surface area contributed by atoms with Crippen molar-refractivity contribution in [1.29, 1.82) is 0 Å². The first-order valence-corrected chi connectivity index (χ1v) is 7.47. The van der Waals surface area contributed by atoms with Crippen LogP contribution < -0.4 is 5.56 Å². The van der Waals surface area contributed by atoms with E-state index in [-0.39, 0.29) is 17.5 Å². The second-order valence-electron chi connectivity index (χ2n) is 5.20. The number of aliphatic carboxylic acids is 1. The fraction of sp³-hybridized carbons (Fsp3) is 0.353. The first-order valence-electron chi connectivity index (χ1n) is 7.47. The smallest absolute Gasteiger partial charge is 0.308 e. The maximum absolute atomic E-state index is 12.2. The summed E-state index contributed by atoms with van der Waals surface area (Å²) >= 11 is 0. The van der Waals surface area contributed by atoms with Crippen molar-refractivity contribution in [2.45, 2.75) is 39.7 Å². The van der Waals surface area contributed by atoms with Gasteiger partial charge in [0.05, 0.1) is 12.1 Å². The van der Waals surface area contributed by atoms with Crippen molar-refractivity contribution in [3.05, 3.63) is 51.8 Å². The van der Waals surface area contributed by atoms with Gasteiger partial charge in [0.25, 0.3) is 5.56 Å². The highest BCUT2D eigenvalue weighted by Crippen LogP contribution is 2.18. The summed E-state index contributed by atoms with van der Waals surface area (Å²) in [6.45, 7) is 4.51. The Morgan fingerprint density at radius 1 is 1.23 bits per heavy atom. The summed E-state index contributed by atoms with van der Waals surface area (Å²) in [5, 5.41) is 13.3. The van der Waals surface area contributed by atoms with E-state index < -0.39 is 5.97 Å². The molecule has 2 aromatic rings. The molecule has 0 unspecified atom stereocenters. The Labute approximate surface area is 129 Å². The van der Waals surface area contributed by atoms with E-state index in [9.17, 15) is 9.59 Å². The van der Waals surface area contributed by atoms with E-state index in [1.165, 1.54) is 10.2 Å². The van der Waals surface area contributed by atoms with E-state index in [1.54, 1.807) is 6.07 Å². The molecule has 1 aromatic carbocycles. The fourth-order valence-electron chi connectivity index (χ4n) is 2.30. The van der Waals surface area contributed by atoms with Crippen LogP contribution >= 0.6 is 0 Å². The average Bonchev–Trinajstić information content (AvgIpc) is 2.51. The molecule has 0 amide bonds. The molecule has 1 aromatic heterocycles. The first-order chi connectivity index (χ1) is 10.5. The van der Waals surface area contributed by atoms with Gasteiger partial charge in [-0.1, -0.05) is 38.1 Å². The molecule has 5 nitrogen and oxygen atoms in total. The van der Waals surface area contributed by atoms with Crippen LogP contribution in [0.15, 0.2) is 35.1 Å². The highest BCUT2D eigenvalue weighted by atomic mass is 16.4. The highest BCUT2D eigenvalue weighted by molar-refractivity contribution is 5.71. The van der Waals surface area contributed by atoms with Crippen LogP contribution in [0, 0.1) is 0 Å².